The molecular weight excluding hydrogens is 391 g/mol. The van der Waals surface area contributed by atoms with Crippen molar-refractivity contribution in [2.45, 2.75) is 43.8 Å². The predicted octanol–water partition coefficient (Wildman–Crippen LogP) is 4.41. The number of fused-ring (bicyclic) bond motifs is 1. The molecule has 0 unspecified atom stereocenters. The Morgan fingerprint density at radius 2 is 2.11 bits per heavy atom. The molecule has 1 aliphatic heterocycles. The molecule has 0 saturated heterocycles. The number of pyridine rings is 1. The van der Waals surface area contributed by atoms with E-state index in [9.17, 15) is 13.2 Å². The third-order valence-corrected chi connectivity index (χ3v) is 5.68. The van der Waals surface area contributed by atoms with Gasteiger partial charge in [-0.1, -0.05) is 30.7 Å². The second-order valence-electron chi connectivity index (χ2n) is 7.40. The number of hydrogen-bond donors (Lipinski definition) is 1. The van der Waals surface area contributed by atoms with Gasteiger partial charge < -0.3 is 10.5 Å². The predicted molar refractivity (Wildman–Crippen MR) is 100 cm³/mol. The summed E-state index contributed by atoms with van der Waals surface area (Å²) in [6.07, 6.45) is -0.895. The van der Waals surface area contributed by atoms with Gasteiger partial charge in [0.1, 0.15) is 11.9 Å². The number of hydrogen-bond acceptors (Lipinski definition) is 4. The van der Waals surface area contributed by atoms with Crippen LogP contribution in [-0.4, -0.2) is 23.5 Å². The number of ether oxygens (including phenoxy) is 1. The van der Waals surface area contributed by atoms with Crippen molar-refractivity contribution >= 4 is 17.6 Å². The van der Waals surface area contributed by atoms with Gasteiger partial charge in [-0.15, -0.1) is 0 Å². The van der Waals surface area contributed by atoms with E-state index in [-0.39, 0.29) is 17.5 Å². The molecule has 1 saturated carbocycles. The van der Waals surface area contributed by atoms with Gasteiger partial charge in [0.15, 0.2) is 5.54 Å². The Bertz CT molecular complexity index is 921. The number of rotatable bonds is 5. The largest absolute Gasteiger partial charge is 0.462 e. The molecule has 1 aromatic carbocycles. The van der Waals surface area contributed by atoms with Gasteiger partial charge in [-0.05, 0) is 36.6 Å². The van der Waals surface area contributed by atoms with Crippen LogP contribution in [0.25, 0.3) is 0 Å². The zero-order valence-corrected chi connectivity index (χ0v) is 15.8. The smallest absolute Gasteiger partial charge is 0.283 e. The molecule has 28 heavy (non-hydrogen) atoms. The van der Waals surface area contributed by atoms with Crippen molar-refractivity contribution in [1.82, 2.24) is 4.98 Å². The zero-order valence-electron chi connectivity index (χ0n) is 15.1. The molecule has 1 aromatic heterocycles. The SMILES string of the molecule is C[C@@H](Cc1ccc(F)c([C@@]2(C(F)F)N=C(N)O[C@@H]3C[C@@H]32)c1)c1ccc(Cl)cn1. The molecule has 0 amide bonds. The maximum Gasteiger partial charge on any atom is 0.283 e. The second-order valence-corrected chi connectivity index (χ2v) is 7.83. The van der Waals surface area contributed by atoms with Gasteiger partial charge in [0.25, 0.3) is 12.4 Å². The minimum absolute atomic E-state index is 0.00462. The molecule has 4 rings (SSSR count). The van der Waals surface area contributed by atoms with Gasteiger partial charge in [-0.2, -0.15) is 0 Å². The van der Waals surface area contributed by atoms with E-state index < -0.39 is 29.8 Å². The number of halogens is 4. The first-order valence-electron chi connectivity index (χ1n) is 9.01. The van der Waals surface area contributed by atoms with Crippen LogP contribution in [-0.2, 0) is 16.7 Å². The van der Waals surface area contributed by atoms with Gasteiger partial charge in [-0.25, -0.2) is 18.2 Å². The molecule has 0 bridgehead atoms. The van der Waals surface area contributed by atoms with E-state index in [0.717, 1.165) is 11.3 Å². The van der Waals surface area contributed by atoms with Crippen molar-refractivity contribution in [3.63, 3.8) is 0 Å². The average molecular weight is 410 g/mol. The summed E-state index contributed by atoms with van der Waals surface area (Å²) in [4.78, 5) is 8.20. The summed E-state index contributed by atoms with van der Waals surface area (Å²) in [7, 11) is 0. The van der Waals surface area contributed by atoms with Crippen LogP contribution < -0.4 is 5.73 Å². The van der Waals surface area contributed by atoms with Gasteiger partial charge in [0.05, 0.1) is 5.02 Å². The minimum atomic E-state index is -2.90. The molecule has 148 valence electrons. The number of aromatic nitrogens is 1. The lowest BCUT2D eigenvalue weighted by Gasteiger charge is -2.33. The van der Waals surface area contributed by atoms with E-state index in [2.05, 4.69) is 9.98 Å². The van der Waals surface area contributed by atoms with Gasteiger partial charge in [0, 0.05) is 29.3 Å². The summed E-state index contributed by atoms with van der Waals surface area (Å²) >= 11 is 5.87. The summed E-state index contributed by atoms with van der Waals surface area (Å²) in [6, 6.07) is 7.54. The highest BCUT2D eigenvalue weighted by molar-refractivity contribution is 6.30. The maximum absolute atomic E-state index is 14.7. The summed E-state index contributed by atoms with van der Waals surface area (Å²) in [5, 5.41) is 0.535. The van der Waals surface area contributed by atoms with Crippen molar-refractivity contribution < 1.29 is 17.9 Å². The van der Waals surface area contributed by atoms with Crippen molar-refractivity contribution in [2.24, 2.45) is 16.6 Å². The molecule has 0 radical (unpaired) electrons. The first kappa shape index (κ1) is 19.1. The molecule has 2 heterocycles. The van der Waals surface area contributed by atoms with Crippen LogP contribution in [0.3, 0.4) is 0 Å². The number of alkyl halides is 2. The quantitative estimate of drug-likeness (QED) is 0.795. The van der Waals surface area contributed by atoms with Gasteiger partial charge >= 0.3 is 0 Å². The minimum Gasteiger partial charge on any atom is -0.462 e. The number of aliphatic imine (C=N–C) groups is 1. The molecule has 8 heteroatoms. The maximum atomic E-state index is 14.7. The van der Waals surface area contributed by atoms with Gasteiger partial charge in [-0.3, -0.25) is 4.98 Å². The summed E-state index contributed by atoms with van der Waals surface area (Å²) in [6.45, 7) is 1.96. The van der Waals surface area contributed by atoms with Crippen molar-refractivity contribution in [2.75, 3.05) is 0 Å². The Kier molecular flexibility index (Phi) is 4.73. The lowest BCUT2D eigenvalue weighted by atomic mass is 9.83. The molecule has 0 spiro atoms. The third kappa shape index (κ3) is 3.21. The summed E-state index contributed by atoms with van der Waals surface area (Å²) in [5.41, 5.74) is 5.01. The average Bonchev–Trinajstić information content (AvgIpc) is 3.42. The fraction of sp³-hybridized carbons (Fsp3) is 0.400. The first-order chi connectivity index (χ1) is 13.3. The first-order valence-corrected chi connectivity index (χ1v) is 9.39. The van der Waals surface area contributed by atoms with Crippen molar-refractivity contribution in [3.05, 3.63) is 64.2 Å². The molecule has 2 aliphatic rings. The lowest BCUT2D eigenvalue weighted by molar-refractivity contribution is 0.0176. The molecule has 2 aromatic rings. The fourth-order valence-corrected chi connectivity index (χ4v) is 4.05. The highest BCUT2D eigenvalue weighted by Crippen LogP contribution is 2.56. The van der Waals surface area contributed by atoms with Crippen LogP contribution in [0.15, 0.2) is 41.5 Å². The van der Waals surface area contributed by atoms with Crippen LogP contribution in [0.2, 0.25) is 5.02 Å². The zero-order chi connectivity index (χ0) is 20.1. The third-order valence-electron chi connectivity index (χ3n) is 5.46. The van der Waals surface area contributed by atoms with Crippen molar-refractivity contribution in [1.29, 1.82) is 0 Å². The van der Waals surface area contributed by atoms with E-state index in [1.165, 1.54) is 12.1 Å². The monoisotopic (exact) mass is 409 g/mol. The number of amidine groups is 1. The highest BCUT2D eigenvalue weighted by atomic mass is 35.5. The fourth-order valence-electron chi connectivity index (χ4n) is 3.94. The number of nitrogens with zero attached hydrogens (tertiary/aromatic N) is 2. The van der Waals surface area contributed by atoms with E-state index >= 15 is 0 Å². The normalized spacial score (nSPS) is 27.0. The van der Waals surface area contributed by atoms with Crippen LogP contribution >= 0.6 is 11.6 Å². The Labute approximate surface area is 165 Å². The van der Waals surface area contributed by atoms with Crippen LogP contribution in [0, 0.1) is 11.7 Å². The van der Waals surface area contributed by atoms with E-state index in [4.69, 9.17) is 22.1 Å². The van der Waals surface area contributed by atoms with E-state index in [1.807, 2.05) is 13.0 Å². The Morgan fingerprint density at radius 1 is 1.32 bits per heavy atom. The molecule has 1 fully saturated rings. The topological polar surface area (TPSA) is 60.5 Å². The second kappa shape index (κ2) is 6.95. The van der Waals surface area contributed by atoms with Crippen LogP contribution in [0.1, 0.15) is 36.1 Å². The lowest BCUT2D eigenvalue weighted by Crippen LogP contribution is -2.43. The molecule has 4 nitrogen and oxygen atoms in total. The number of nitrogens with two attached hydrogens (primary N) is 1. The van der Waals surface area contributed by atoms with Crippen LogP contribution in [0.4, 0.5) is 13.2 Å². The van der Waals surface area contributed by atoms with E-state index in [0.29, 0.717) is 17.9 Å². The van der Waals surface area contributed by atoms with Crippen LogP contribution in [0.5, 0.6) is 0 Å². The van der Waals surface area contributed by atoms with Crippen molar-refractivity contribution in [3.8, 4) is 0 Å². The van der Waals surface area contributed by atoms with E-state index in [1.54, 1.807) is 18.3 Å². The molecule has 4 atom stereocenters. The Hall–Kier alpha value is -2.28. The molecule has 1 aliphatic carbocycles. The molecule has 2 N–H and O–H groups in total. The standard InChI is InChI=1S/C20H19ClF3N3O/c1-10(16-5-3-12(21)9-26-16)6-11-2-4-15(22)13(7-11)20(18(23)24)14-8-17(14)28-19(25)27-20/h2-5,7,9-10,14,17-18H,6,8H2,1H3,(H2,25,27)/t10-,14-,17+,20+/m0/s1. The number of benzene rings is 1. The van der Waals surface area contributed by atoms with Gasteiger partial charge in [0.2, 0.25) is 0 Å². The summed E-state index contributed by atoms with van der Waals surface area (Å²) < 4.78 is 48.3. The highest BCUT2D eigenvalue weighted by Gasteiger charge is 2.64. The summed E-state index contributed by atoms with van der Waals surface area (Å²) in [5.74, 6) is -1.31. The Balaban J connectivity index is 1.69. The Morgan fingerprint density at radius 3 is 2.79 bits per heavy atom. The molecular formula is C20H19ClF3N3O.